The van der Waals surface area contributed by atoms with E-state index in [1.54, 1.807) is 17.0 Å². The first-order valence-corrected chi connectivity index (χ1v) is 7.23. The molecule has 0 fully saturated rings. The van der Waals surface area contributed by atoms with Gasteiger partial charge in [0, 0.05) is 0 Å². The van der Waals surface area contributed by atoms with Crippen LogP contribution in [-0.2, 0) is 11.3 Å². The maximum atomic E-state index is 12.3. The maximum absolute atomic E-state index is 12.3. The number of benzene rings is 2. The maximum Gasteiger partial charge on any atom is 0.246 e. The van der Waals surface area contributed by atoms with Gasteiger partial charge in [-0.3, -0.25) is 4.79 Å². The van der Waals surface area contributed by atoms with Gasteiger partial charge in [-0.1, -0.05) is 12.1 Å². The zero-order chi connectivity index (χ0) is 15.7. The molecule has 0 saturated carbocycles. The standard InChI is InChI=1S/C18H17N3O/c1-12-7-16-17(8-13(12)2)21(18(22)10-20-16)11-15-5-3-14(9-19)4-6-15/h3-8,20H,10-11H2,1-2H3. The minimum atomic E-state index is 0.0557. The van der Waals surface area contributed by atoms with Gasteiger partial charge in [-0.15, -0.1) is 0 Å². The molecule has 0 aliphatic carbocycles. The first-order valence-electron chi connectivity index (χ1n) is 7.23. The Bertz CT molecular complexity index is 772. The van der Waals surface area contributed by atoms with Crippen LogP contribution in [0.4, 0.5) is 11.4 Å². The lowest BCUT2D eigenvalue weighted by molar-refractivity contribution is -0.117. The molecule has 4 nitrogen and oxygen atoms in total. The highest BCUT2D eigenvalue weighted by molar-refractivity contribution is 6.02. The smallest absolute Gasteiger partial charge is 0.246 e. The Morgan fingerprint density at radius 2 is 1.86 bits per heavy atom. The topological polar surface area (TPSA) is 56.1 Å². The average Bonchev–Trinajstić information content (AvgIpc) is 2.53. The van der Waals surface area contributed by atoms with E-state index in [2.05, 4.69) is 37.4 Å². The summed E-state index contributed by atoms with van der Waals surface area (Å²) >= 11 is 0. The molecule has 4 heteroatoms. The van der Waals surface area contributed by atoms with Gasteiger partial charge in [-0.05, 0) is 54.8 Å². The van der Waals surface area contributed by atoms with Crippen molar-refractivity contribution in [1.29, 1.82) is 5.26 Å². The highest BCUT2D eigenvalue weighted by Crippen LogP contribution is 2.33. The molecule has 0 unspecified atom stereocenters. The molecule has 1 aliphatic rings. The molecule has 0 saturated heterocycles. The van der Waals surface area contributed by atoms with Crippen molar-refractivity contribution in [3.8, 4) is 6.07 Å². The molecule has 22 heavy (non-hydrogen) atoms. The van der Waals surface area contributed by atoms with E-state index >= 15 is 0 Å². The van der Waals surface area contributed by atoms with E-state index in [0.717, 1.165) is 16.9 Å². The molecule has 2 aromatic carbocycles. The van der Waals surface area contributed by atoms with E-state index in [9.17, 15) is 4.79 Å². The number of carbonyl (C=O) groups is 1. The molecular formula is C18H17N3O. The Morgan fingerprint density at radius 1 is 1.18 bits per heavy atom. The zero-order valence-electron chi connectivity index (χ0n) is 12.7. The van der Waals surface area contributed by atoms with E-state index in [1.165, 1.54) is 11.1 Å². The van der Waals surface area contributed by atoms with E-state index in [-0.39, 0.29) is 5.91 Å². The number of nitrogens with one attached hydrogen (secondary N) is 1. The van der Waals surface area contributed by atoms with E-state index < -0.39 is 0 Å². The summed E-state index contributed by atoms with van der Waals surface area (Å²) in [6, 6.07) is 13.6. The van der Waals surface area contributed by atoms with Crippen LogP contribution in [-0.4, -0.2) is 12.5 Å². The van der Waals surface area contributed by atoms with Gasteiger partial charge < -0.3 is 10.2 Å². The minimum Gasteiger partial charge on any atom is -0.374 e. The molecule has 1 heterocycles. The normalized spacial score (nSPS) is 13.3. The third-order valence-corrected chi connectivity index (χ3v) is 4.06. The van der Waals surface area contributed by atoms with Crippen LogP contribution in [0.25, 0.3) is 0 Å². The van der Waals surface area contributed by atoms with Crippen molar-refractivity contribution in [2.24, 2.45) is 0 Å². The van der Waals surface area contributed by atoms with Crippen molar-refractivity contribution in [2.75, 3.05) is 16.8 Å². The number of rotatable bonds is 2. The summed E-state index contributed by atoms with van der Waals surface area (Å²) in [6.07, 6.45) is 0. The van der Waals surface area contributed by atoms with Crippen LogP contribution in [0.15, 0.2) is 36.4 Å². The van der Waals surface area contributed by atoms with Crippen molar-refractivity contribution >= 4 is 17.3 Å². The molecule has 0 atom stereocenters. The number of fused-ring (bicyclic) bond motifs is 1. The lowest BCUT2D eigenvalue weighted by atomic mass is 10.0. The lowest BCUT2D eigenvalue weighted by Gasteiger charge is -2.31. The molecule has 0 radical (unpaired) electrons. The second-order valence-electron chi connectivity index (χ2n) is 5.60. The van der Waals surface area contributed by atoms with E-state index in [0.29, 0.717) is 18.7 Å². The molecule has 110 valence electrons. The monoisotopic (exact) mass is 291 g/mol. The summed E-state index contributed by atoms with van der Waals surface area (Å²) in [7, 11) is 0. The van der Waals surface area contributed by atoms with Crippen LogP contribution >= 0.6 is 0 Å². The predicted molar refractivity (Wildman–Crippen MR) is 86.8 cm³/mol. The van der Waals surface area contributed by atoms with Crippen molar-refractivity contribution in [3.05, 3.63) is 58.7 Å². The third-order valence-electron chi connectivity index (χ3n) is 4.06. The molecule has 1 amide bonds. The van der Waals surface area contributed by atoms with Crippen molar-refractivity contribution < 1.29 is 4.79 Å². The van der Waals surface area contributed by atoms with Gasteiger partial charge >= 0.3 is 0 Å². The molecule has 0 aromatic heterocycles. The van der Waals surface area contributed by atoms with Crippen molar-refractivity contribution in [3.63, 3.8) is 0 Å². The first kappa shape index (κ1) is 14.2. The number of anilines is 2. The fourth-order valence-corrected chi connectivity index (χ4v) is 2.61. The van der Waals surface area contributed by atoms with Gasteiger partial charge in [0.15, 0.2) is 0 Å². The third kappa shape index (κ3) is 2.53. The Balaban J connectivity index is 1.95. The largest absolute Gasteiger partial charge is 0.374 e. The summed E-state index contributed by atoms with van der Waals surface area (Å²) in [6.45, 7) is 4.95. The Kier molecular flexibility index (Phi) is 3.56. The number of hydrogen-bond donors (Lipinski definition) is 1. The van der Waals surface area contributed by atoms with Crippen LogP contribution in [0.1, 0.15) is 22.3 Å². The zero-order valence-corrected chi connectivity index (χ0v) is 12.7. The summed E-state index contributed by atoms with van der Waals surface area (Å²) in [5.41, 5.74) is 5.93. The second kappa shape index (κ2) is 5.53. The Morgan fingerprint density at radius 3 is 2.55 bits per heavy atom. The van der Waals surface area contributed by atoms with Gasteiger partial charge in [-0.25, -0.2) is 0 Å². The lowest BCUT2D eigenvalue weighted by Crippen LogP contribution is -2.39. The summed E-state index contributed by atoms with van der Waals surface area (Å²) in [4.78, 5) is 14.1. The number of aryl methyl sites for hydroxylation is 2. The number of nitriles is 1. The first-order chi connectivity index (χ1) is 10.6. The van der Waals surface area contributed by atoms with Crippen LogP contribution in [0.2, 0.25) is 0 Å². The quantitative estimate of drug-likeness (QED) is 0.924. The molecule has 0 spiro atoms. The molecule has 3 rings (SSSR count). The van der Waals surface area contributed by atoms with Crippen molar-refractivity contribution in [1.82, 2.24) is 0 Å². The van der Waals surface area contributed by atoms with Gasteiger partial charge in [0.05, 0.1) is 36.1 Å². The van der Waals surface area contributed by atoms with Crippen LogP contribution in [0.3, 0.4) is 0 Å². The Labute approximate surface area is 130 Å². The summed E-state index contributed by atoms with van der Waals surface area (Å²) in [5.74, 6) is 0.0557. The molecular weight excluding hydrogens is 274 g/mol. The van der Waals surface area contributed by atoms with Gasteiger partial charge in [0.2, 0.25) is 5.91 Å². The van der Waals surface area contributed by atoms with Crippen LogP contribution in [0, 0.1) is 25.2 Å². The van der Waals surface area contributed by atoms with E-state index in [1.807, 2.05) is 12.1 Å². The van der Waals surface area contributed by atoms with Crippen molar-refractivity contribution in [2.45, 2.75) is 20.4 Å². The predicted octanol–water partition coefficient (Wildman–Crippen LogP) is 3.13. The molecule has 1 N–H and O–H groups in total. The highest BCUT2D eigenvalue weighted by atomic mass is 16.2. The molecule has 1 aliphatic heterocycles. The molecule has 2 aromatic rings. The minimum absolute atomic E-state index is 0.0557. The number of nitrogens with zero attached hydrogens (tertiary/aromatic N) is 2. The van der Waals surface area contributed by atoms with Crippen LogP contribution < -0.4 is 10.2 Å². The average molecular weight is 291 g/mol. The van der Waals surface area contributed by atoms with Gasteiger partial charge in [-0.2, -0.15) is 5.26 Å². The number of hydrogen-bond acceptors (Lipinski definition) is 3. The number of carbonyl (C=O) groups excluding carboxylic acids is 1. The summed E-state index contributed by atoms with van der Waals surface area (Å²) < 4.78 is 0. The number of amides is 1. The van der Waals surface area contributed by atoms with Crippen LogP contribution in [0.5, 0.6) is 0 Å². The summed E-state index contributed by atoms with van der Waals surface area (Å²) in [5, 5.41) is 12.0. The fraction of sp³-hybridized carbons (Fsp3) is 0.222. The van der Waals surface area contributed by atoms with Gasteiger partial charge in [0.1, 0.15) is 0 Å². The van der Waals surface area contributed by atoms with E-state index in [4.69, 9.17) is 5.26 Å². The fourth-order valence-electron chi connectivity index (χ4n) is 2.61. The second-order valence-corrected chi connectivity index (χ2v) is 5.60. The van der Waals surface area contributed by atoms with Gasteiger partial charge in [0.25, 0.3) is 0 Å². The Hall–Kier alpha value is -2.80. The molecule has 0 bridgehead atoms. The SMILES string of the molecule is Cc1cc2c(cc1C)N(Cc1ccc(C#N)cc1)C(=O)CN2. The highest BCUT2D eigenvalue weighted by Gasteiger charge is 2.24.